The standard InChI is InChI=1S/C16H26N2O3/c1-4-21-14(9-17)11-18-6-5-12-7-15(19-2)16(20-3)8-13(12)10-18/h7-8,14H,4-6,9-11,17H2,1-3H3. The van der Waals surface area contributed by atoms with Gasteiger partial charge in [0.1, 0.15) is 0 Å². The molecule has 1 aliphatic rings. The number of rotatable bonds is 7. The van der Waals surface area contributed by atoms with Crippen molar-refractivity contribution in [3.63, 3.8) is 0 Å². The second-order valence-electron chi connectivity index (χ2n) is 5.27. The van der Waals surface area contributed by atoms with Gasteiger partial charge in [-0.15, -0.1) is 0 Å². The highest BCUT2D eigenvalue weighted by molar-refractivity contribution is 5.48. The summed E-state index contributed by atoms with van der Waals surface area (Å²) in [5, 5.41) is 0. The molecule has 1 aromatic carbocycles. The van der Waals surface area contributed by atoms with E-state index < -0.39 is 0 Å². The van der Waals surface area contributed by atoms with Gasteiger partial charge in [-0.25, -0.2) is 0 Å². The van der Waals surface area contributed by atoms with Gasteiger partial charge in [-0.1, -0.05) is 0 Å². The summed E-state index contributed by atoms with van der Waals surface area (Å²) in [6, 6.07) is 4.17. The fourth-order valence-corrected chi connectivity index (χ4v) is 2.82. The quantitative estimate of drug-likeness (QED) is 0.824. The van der Waals surface area contributed by atoms with Crippen molar-refractivity contribution in [3.8, 4) is 11.5 Å². The van der Waals surface area contributed by atoms with Gasteiger partial charge in [-0.05, 0) is 36.6 Å². The Hall–Kier alpha value is -1.30. The third-order valence-electron chi connectivity index (χ3n) is 3.92. The summed E-state index contributed by atoms with van der Waals surface area (Å²) in [6.07, 6.45) is 1.12. The van der Waals surface area contributed by atoms with Crippen LogP contribution in [0.2, 0.25) is 0 Å². The summed E-state index contributed by atoms with van der Waals surface area (Å²) in [5.74, 6) is 1.59. The highest BCUT2D eigenvalue weighted by Gasteiger charge is 2.21. The minimum Gasteiger partial charge on any atom is -0.493 e. The molecule has 0 saturated heterocycles. The zero-order valence-corrected chi connectivity index (χ0v) is 13.2. The van der Waals surface area contributed by atoms with E-state index in [1.807, 2.05) is 6.92 Å². The molecule has 118 valence electrons. The van der Waals surface area contributed by atoms with E-state index in [0.29, 0.717) is 13.2 Å². The van der Waals surface area contributed by atoms with E-state index in [9.17, 15) is 0 Å². The first-order valence-electron chi connectivity index (χ1n) is 7.49. The first-order valence-corrected chi connectivity index (χ1v) is 7.49. The van der Waals surface area contributed by atoms with Crippen molar-refractivity contribution in [1.82, 2.24) is 4.90 Å². The summed E-state index contributed by atoms with van der Waals surface area (Å²) < 4.78 is 16.4. The average molecular weight is 294 g/mol. The van der Waals surface area contributed by atoms with E-state index in [2.05, 4.69) is 17.0 Å². The van der Waals surface area contributed by atoms with E-state index >= 15 is 0 Å². The van der Waals surface area contributed by atoms with Crippen molar-refractivity contribution in [2.45, 2.75) is 26.0 Å². The highest BCUT2D eigenvalue weighted by atomic mass is 16.5. The summed E-state index contributed by atoms with van der Waals surface area (Å²) in [6.45, 7) is 6.06. The average Bonchev–Trinajstić information content (AvgIpc) is 2.52. The molecule has 0 amide bonds. The fourth-order valence-electron chi connectivity index (χ4n) is 2.82. The molecule has 0 aromatic heterocycles. The molecule has 1 aromatic rings. The van der Waals surface area contributed by atoms with E-state index in [4.69, 9.17) is 19.9 Å². The number of fused-ring (bicyclic) bond motifs is 1. The molecule has 21 heavy (non-hydrogen) atoms. The van der Waals surface area contributed by atoms with Gasteiger partial charge >= 0.3 is 0 Å². The second-order valence-corrected chi connectivity index (χ2v) is 5.27. The Labute approximate surface area is 127 Å². The monoisotopic (exact) mass is 294 g/mol. The topological polar surface area (TPSA) is 57.0 Å². The van der Waals surface area contributed by atoms with Crippen molar-refractivity contribution in [2.24, 2.45) is 5.73 Å². The Balaban J connectivity index is 2.09. The lowest BCUT2D eigenvalue weighted by Gasteiger charge is -2.32. The molecule has 0 spiro atoms. The molecule has 5 heteroatoms. The molecule has 1 unspecified atom stereocenters. The van der Waals surface area contributed by atoms with Crippen LogP contribution in [-0.4, -0.2) is 51.5 Å². The van der Waals surface area contributed by atoms with Crippen LogP contribution in [0.5, 0.6) is 11.5 Å². The van der Waals surface area contributed by atoms with E-state index in [1.54, 1.807) is 14.2 Å². The van der Waals surface area contributed by atoms with Gasteiger partial charge < -0.3 is 19.9 Å². The van der Waals surface area contributed by atoms with Crippen LogP contribution < -0.4 is 15.2 Å². The van der Waals surface area contributed by atoms with Crippen molar-refractivity contribution < 1.29 is 14.2 Å². The number of methoxy groups -OCH3 is 2. The Bertz CT molecular complexity index is 465. The molecule has 0 saturated carbocycles. The van der Waals surface area contributed by atoms with Crippen molar-refractivity contribution >= 4 is 0 Å². The predicted molar refractivity (Wildman–Crippen MR) is 83.0 cm³/mol. The normalized spacial score (nSPS) is 16.4. The summed E-state index contributed by atoms with van der Waals surface area (Å²) in [4.78, 5) is 2.39. The molecule has 1 atom stereocenters. The Kier molecular flexibility index (Phi) is 5.85. The molecule has 0 radical (unpaired) electrons. The maximum Gasteiger partial charge on any atom is 0.161 e. The van der Waals surface area contributed by atoms with Gasteiger partial charge in [0.05, 0.1) is 20.3 Å². The number of nitrogens with zero attached hydrogens (tertiary/aromatic N) is 1. The summed E-state index contributed by atoms with van der Waals surface area (Å²) in [5.41, 5.74) is 8.40. The number of hydrogen-bond donors (Lipinski definition) is 1. The van der Waals surface area contributed by atoms with Crippen molar-refractivity contribution in [1.29, 1.82) is 0 Å². The predicted octanol–water partition coefficient (Wildman–Crippen LogP) is 1.43. The van der Waals surface area contributed by atoms with Gasteiger partial charge in [0.25, 0.3) is 0 Å². The Morgan fingerprint density at radius 1 is 1.19 bits per heavy atom. The maximum absolute atomic E-state index is 5.77. The van der Waals surface area contributed by atoms with Crippen LogP contribution in [0.3, 0.4) is 0 Å². The molecule has 0 fully saturated rings. The molecule has 1 heterocycles. The van der Waals surface area contributed by atoms with Gasteiger partial charge in [0.2, 0.25) is 0 Å². The van der Waals surface area contributed by atoms with Crippen LogP contribution in [0.15, 0.2) is 12.1 Å². The van der Waals surface area contributed by atoms with Gasteiger partial charge in [0, 0.05) is 32.8 Å². The molecule has 0 aliphatic carbocycles. The van der Waals surface area contributed by atoms with Crippen LogP contribution in [0.25, 0.3) is 0 Å². The van der Waals surface area contributed by atoms with Crippen LogP contribution in [0, 0.1) is 0 Å². The third-order valence-corrected chi connectivity index (χ3v) is 3.92. The molecular formula is C16H26N2O3. The first kappa shape index (κ1) is 16.1. The van der Waals surface area contributed by atoms with Crippen LogP contribution in [0.1, 0.15) is 18.1 Å². The Morgan fingerprint density at radius 2 is 1.86 bits per heavy atom. The molecule has 0 bridgehead atoms. The van der Waals surface area contributed by atoms with Gasteiger partial charge in [0.15, 0.2) is 11.5 Å². The fraction of sp³-hybridized carbons (Fsp3) is 0.625. The maximum atomic E-state index is 5.77. The zero-order chi connectivity index (χ0) is 15.2. The SMILES string of the molecule is CCOC(CN)CN1CCc2cc(OC)c(OC)cc2C1. The lowest BCUT2D eigenvalue weighted by atomic mass is 9.98. The minimum absolute atomic E-state index is 0.108. The number of benzene rings is 1. The number of nitrogens with two attached hydrogens (primary N) is 1. The van der Waals surface area contributed by atoms with Crippen LogP contribution in [-0.2, 0) is 17.7 Å². The lowest BCUT2D eigenvalue weighted by molar-refractivity contribution is 0.0358. The molecule has 5 nitrogen and oxygen atoms in total. The van der Waals surface area contributed by atoms with Crippen LogP contribution >= 0.6 is 0 Å². The second kappa shape index (κ2) is 7.64. The number of ether oxygens (including phenoxy) is 3. The van der Waals surface area contributed by atoms with E-state index in [0.717, 1.165) is 37.6 Å². The number of hydrogen-bond acceptors (Lipinski definition) is 5. The largest absolute Gasteiger partial charge is 0.493 e. The van der Waals surface area contributed by atoms with Gasteiger partial charge in [-0.2, -0.15) is 0 Å². The third kappa shape index (κ3) is 3.87. The highest BCUT2D eigenvalue weighted by Crippen LogP contribution is 2.33. The van der Waals surface area contributed by atoms with Crippen molar-refractivity contribution in [2.75, 3.05) is 40.5 Å². The van der Waals surface area contributed by atoms with E-state index in [1.165, 1.54) is 11.1 Å². The summed E-state index contributed by atoms with van der Waals surface area (Å²) >= 11 is 0. The smallest absolute Gasteiger partial charge is 0.161 e. The van der Waals surface area contributed by atoms with Crippen molar-refractivity contribution in [3.05, 3.63) is 23.3 Å². The molecule has 2 N–H and O–H groups in total. The minimum atomic E-state index is 0.108. The Morgan fingerprint density at radius 3 is 2.43 bits per heavy atom. The lowest BCUT2D eigenvalue weighted by Crippen LogP contribution is -2.40. The molecular weight excluding hydrogens is 268 g/mol. The zero-order valence-electron chi connectivity index (χ0n) is 13.2. The molecule has 2 rings (SSSR count). The first-order chi connectivity index (χ1) is 10.2. The molecule has 1 aliphatic heterocycles. The van der Waals surface area contributed by atoms with Crippen LogP contribution in [0.4, 0.5) is 0 Å². The van der Waals surface area contributed by atoms with E-state index in [-0.39, 0.29) is 6.10 Å². The summed E-state index contributed by atoms with van der Waals surface area (Å²) in [7, 11) is 3.34. The van der Waals surface area contributed by atoms with Gasteiger partial charge in [-0.3, -0.25) is 4.90 Å².